The summed E-state index contributed by atoms with van der Waals surface area (Å²) in [4.78, 5) is 23.0. The second kappa shape index (κ2) is 17.8. The normalized spacial score (nSPS) is 11.7. The molecule has 0 unspecified atom stereocenters. The third kappa shape index (κ3) is 8.11. The number of rotatable bonds is 15. The Hall–Kier alpha value is -7.49. The average Bonchev–Trinajstić information content (AvgIpc) is 4.24. The minimum Gasteiger partial charge on any atom is -0.496 e. The first-order valence-corrected chi connectivity index (χ1v) is 25.0. The van der Waals surface area contributed by atoms with E-state index in [1.54, 1.807) is 72.5 Å². The van der Waals surface area contributed by atoms with Gasteiger partial charge >= 0.3 is 0 Å². The Bertz CT molecular complexity index is 3850. The maximum Gasteiger partial charge on any atom is 0.294 e. The highest BCUT2D eigenvalue weighted by Gasteiger charge is 2.22. The molecule has 16 nitrogen and oxygen atoms in total. The van der Waals surface area contributed by atoms with Gasteiger partial charge in [0.05, 0.1) is 67.9 Å². The van der Waals surface area contributed by atoms with Gasteiger partial charge in [-0.05, 0) is 65.5 Å². The number of nitrogens with zero attached hydrogens (tertiary/aromatic N) is 8. The van der Waals surface area contributed by atoms with E-state index >= 15 is 0 Å². The Morgan fingerprint density at radius 1 is 0.557 bits per heavy atom. The standard InChI is InChI=1S/C49H35ClN8O8S4/c1-24-35(22-63-37-14-29(59-2)16-39-31(37)18-41(65-39)33-20-57-46(53-33)69-48(55-57)61-4)51-45(67-24)27-8-6-7-26(13-27)43-36(52-44(68-43)25-9-11-28(50)12-10-25)23-64-38-15-30(60-3)17-40-32(38)19-42(66-40)34-21-58-47(54-34)70-49(56-58)62-5/h6-21H,22-23H2,1-5H3. The Balaban J connectivity index is 0.830. The minimum absolute atomic E-state index is 0.150. The molecule has 0 amide bonds. The number of fused-ring (bicyclic) bond motifs is 4. The van der Waals surface area contributed by atoms with Crippen molar-refractivity contribution >= 4 is 88.8 Å². The molecule has 21 heteroatoms. The van der Waals surface area contributed by atoms with Crippen LogP contribution < -0.4 is 28.4 Å². The largest absolute Gasteiger partial charge is 0.496 e. The Morgan fingerprint density at radius 2 is 1.10 bits per heavy atom. The summed E-state index contributed by atoms with van der Waals surface area (Å²) in [6.07, 6.45) is 3.61. The SMILES string of the molecule is COc1cc(OCc2nc(-c3cccc(-c4sc(-c5ccc(Cl)cc5)nc4COc4cc(OC)cc5oc(-c6cn7nc(OC)sc7n6)cc45)c3)sc2C)c2cc(-c3cn4nc(OC)sc4n3)oc2c1. The number of hydrogen-bond acceptors (Lipinski definition) is 18. The van der Waals surface area contributed by atoms with Crippen molar-refractivity contribution in [2.24, 2.45) is 0 Å². The van der Waals surface area contributed by atoms with Crippen molar-refractivity contribution in [3.63, 3.8) is 0 Å². The molecule has 0 bridgehead atoms. The smallest absolute Gasteiger partial charge is 0.294 e. The maximum atomic E-state index is 6.66. The fourth-order valence-corrected chi connectivity index (χ4v) is 11.3. The van der Waals surface area contributed by atoms with Crippen molar-refractivity contribution in [1.82, 2.24) is 39.2 Å². The van der Waals surface area contributed by atoms with Crippen LogP contribution >= 0.6 is 56.9 Å². The van der Waals surface area contributed by atoms with Crippen LogP contribution in [0.15, 0.2) is 106 Å². The molecule has 350 valence electrons. The lowest BCUT2D eigenvalue weighted by Gasteiger charge is -2.10. The van der Waals surface area contributed by atoms with Crippen molar-refractivity contribution in [2.75, 3.05) is 28.4 Å². The van der Waals surface area contributed by atoms with Crippen molar-refractivity contribution in [3.05, 3.63) is 119 Å². The number of furan rings is 2. The molecule has 12 rings (SSSR count). The molecule has 8 aromatic heterocycles. The summed E-state index contributed by atoms with van der Waals surface area (Å²) in [6.45, 7) is 2.42. The molecule has 0 spiro atoms. The predicted octanol–water partition coefficient (Wildman–Crippen LogP) is 12.8. The van der Waals surface area contributed by atoms with Crippen molar-refractivity contribution in [1.29, 1.82) is 0 Å². The van der Waals surface area contributed by atoms with E-state index in [0.29, 0.717) is 82.4 Å². The van der Waals surface area contributed by atoms with Gasteiger partial charge in [0, 0.05) is 45.3 Å². The summed E-state index contributed by atoms with van der Waals surface area (Å²) >= 11 is 12.2. The molecule has 0 N–H and O–H groups in total. The molecule has 8 heterocycles. The van der Waals surface area contributed by atoms with Crippen LogP contribution in [0.4, 0.5) is 0 Å². The van der Waals surface area contributed by atoms with Crippen molar-refractivity contribution in [3.8, 4) is 87.9 Å². The van der Waals surface area contributed by atoms with E-state index in [-0.39, 0.29) is 13.2 Å². The molecule has 4 aromatic carbocycles. The van der Waals surface area contributed by atoms with Gasteiger partial charge in [0.1, 0.15) is 68.8 Å². The number of ether oxygens (including phenoxy) is 6. The van der Waals surface area contributed by atoms with Crippen LogP contribution in [0.2, 0.25) is 5.02 Å². The van der Waals surface area contributed by atoms with Gasteiger partial charge in [-0.3, -0.25) is 0 Å². The lowest BCUT2D eigenvalue weighted by atomic mass is 10.1. The van der Waals surface area contributed by atoms with Crippen LogP contribution in [0.25, 0.3) is 86.4 Å². The Kier molecular flexibility index (Phi) is 11.1. The highest BCUT2D eigenvalue weighted by atomic mass is 35.5. The summed E-state index contributed by atoms with van der Waals surface area (Å²) in [7, 11) is 6.38. The van der Waals surface area contributed by atoms with Gasteiger partial charge in [-0.2, -0.15) is 0 Å². The number of thiazole rings is 2. The molecule has 0 saturated heterocycles. The highest BCUT2D eigenvalue weighted by Crippen LogP contribution is 2.43. The molecular weight excluding hydrogens is 992 g/mol. The third-order valence-corrected chi connectivity index (χ3v) is 15.6. The quantitative estimate of drug-likeness (QED) is 0.0951. The van der Waals surface area contributed by atoms with E-state index in [1.165, 1.54) is 22.7 Å². The average molecular weight is 1030 g/mol. The molecule has 0 saturated carbocycles. The number of methoxy groups -OCH3 is 4. The lowest BCUT2D eigenvalue weighted by molar-refractivity contribution is 0.303. The van der Waals surface area contributed by atoms with E-state index in [1.807, 2.05) is 66.7 Å². The fraction of sp³-hybridized carbons (Fsp3) is 0.143. The van der Waals surface area contributed by atoms with Crippen LogP contribution in [0.1, 0.15) is 16.3 Å². The first-order valence-electron chi connectivity index (χ1n) is 21.3. The van der Waals surface area contributed by atoms with E-state index in [9.17, 15) is 0 Å². The van der Waals surface area contributed by atoms with Gasteiger partial charge < -0.3 is 37.3 Å². The first kappa shape index (κ1) is 43.8. The Labute approximate surface area is 417 Å². The molecule has 0 aliphatic heterocycles. The topological polar surface area (TPSA) is 168 Å². The van der Waals surface area contributed by atoms with Crippen LogP contribution in [-0.4, -0.2) is 67.6 Å². The monoisotopic (exact) mass is 1030 g/mol. The van der Waals surface area contributed by atoms with Crippen LogP contribution in [0.5, 0.6) is 33.4 Å². The van der Waals surface area contributed by atoms with Gasteiger partial charge in [0.2, 0.25) is 9.92 Å². The van der Waals surface area contributed by atoms with E-state index in [2.05, 4.69) is 35.3 Å². The second-order valence-corrected chi connectivity index (χ2v) is 20.1. The zero-order valence-corrected chi connectivity index (χ0v) is 41.5. The summed E-state index contributed by atoms with van der Waals surface area (Å²) in [5.74, 6) is 3.47. The molecule has 0 atom stereocenters. The van der Waals surface area contributed by atoms with E-state index < -0.39 is 0 Å². The number of halogens is 1. The number of hydrogen-bond donors (Lipinski definition) is 0. The second-order valence-electron chi connectivity index (χ2n) is 15.6. The number of aromatic nitrogens is 8. The van der Waals surface area contributed by atoms with Gasteiger partial charge in [0.15, 0.2) is 11.5 Å². The van der Waals surface area contributed by atoms with E-state index in [4.69, 9.17) is 68.8 Å². The summed E-state index contributed by atoms with van der Waals surface area (Å²) in [6, 6.07) is 27.2. The fourth-order valence-electron chi connectivity index (χ4n) is 7.82. The molecule has 70 heavy (non-hydrogen) atoms. The maximum absolute atomic E-state index is 6.66. The van der Waals surface area contributed by atoms with Crippen LogP contribution in [-0.2, 0) is 13.2 Å². The van der Waals surface area contributed by atoms with Crippen LogP contribution in [0.3, 0.4) is 0 Å². The number of aryl methyl sites for hydroxylation is 1. The molecule has 0 radical (unpaired) electrons. The lowest BCUT2D eigenvalue weighted by Crippen LogP contribution is -1.99. The predicted molar refractivity (Wildman–Crippen MR) is 271 cm³/mol. The third-order valence-electron chi connectivity index (χ3n) is 11.3. The molecular formula is C49H35ClN8O8S4. The Morgan fingerprint density at radius 3 is 1.66 bits per heavy atom. The minimum atomic E-state index is 0.150. The van der Waals surface area contributed by atoms with Gasteiger partial charge in [-0.15, -0.1) is 32.9 Å². The van der Waals surface area contributed by atoms with E-state index in [0.717, 1.165) is 58.6 Å². The molecule has 0 aliphatic carbocycles. The molecule has 0 fully saturated rings. The van der Waals surface area contributed by atoms with Crippen molar-refractivity contribution in [2.45, 2.75) is 20.1 Å². The number of imidazole rings is 2. The first-order chi connectivity index (χ1) is 34.2. The zero-order valence-electron chi connectivity index (χ0n) is 37.5. The molecule has 0 aliphatic rings. The van der Waals surface area contributed by atoms with Crippen molar-refractivity contribution < 1.29 is 37.3 Å². The van der Waals surface area contributed by atoms with Gasteiger partial charge in [0.25, 0.3) is 10.4 Å². The summed E-state index contributed by atoms with van der Waals surface area (Å²) in [5, 5.41) is 13.7. The summed E-state index contributed by atoms with van der Waals surface area (Å²) < 4.78 is 51.0. The molecule has 12 aromatic rings. The van der Waals surface area contributed by atoms with Crippen LogP contribution in [0, 0.1) is 6.92 Å². The highest BCUT2D eigenvalue weighted by molar-refractivity contribution is 7.19. The number of benzene rings is 4. The van der Waals surface area contributed by atoms with Gasteiger partial charge in [-0.25, -0.2) is 29.0 Å². The zero-order chi connectivity index (χ0) is 47.6. The summed E-state index contributed by atoms with van der Waals surface area (Å²) in [5.41, 5.74) is 6.87. The van der Waals surface area contributed by atoms with Gasteiger partial charge in [-0.1, -0.05) is 41.9 Å².